The third kappa shape index (κ3) is 4.58. The van der Waals surface area contributed by atoms with Crippen LogP contribution in [0.25, 0.3) is 0 Å². The largest absolute Gasteiger partial charge is 0.359 e. The lowest BCUT2D eigenvalue weighted by atomic mass is 10.2. The van der Waals surface area contributed by atoms with E-state index in [0.29, 0.717) is 16.3 Å². The maximum atomic E-state index is 12.3. The van der Waals surface area contributed by atoms with Crippen LogP contribution in [0.3, 0.4) is 0 Å². The molecule has 0 bridgehead atoms. The van der Waals surface area contributed by atoms with E-state index >= 15 is 0 Å². The Morgan fingerprint density at radius 3 is 2.58 bits per heavy atom. The van der Waals surface area contributed by atoms with Crippen LogP contribution < -0.4 is 10.2 Å². The first-order valence-electron chi connectivity index (χ1n) is 8.25. The van der Waals surface area contributed by atoms with Crippen molar-refractivity contribution in [1.29, 1.82) is 0 Å². The first kappa shape index (κ1) is 17.9. The van der Waals surface area contributed by atoms with E-state index in [2.05, 4.69) is 20.2 Å². The Morgan fingerprint density at radius 1 is 1.12 bits per heavy atom. The molecule has 1 amide bonds. The van der Waals surface area contributed by atoms with Crippen molar-refractivity contribution in [3.8, 4) is 0 Å². The normalized spacial score (nSPS) is 10.4. The summed E-state index contributed by atoms with van der Waals surface area (Å²) in [4.78, 5) is 22.8. The van der Waals surface area contributed by atoms with Crippen LogP contribution in [0.15, 0.2) is 67.1 Å². The summed E-state index contributed by atoms with van der Waals surface area (Å²) in [5.41, 5.74) is 2.30. The SMILES string of the molecule is CN(CCc1ccncc1)c1ccc(NC(=O)c2ccccc2Cl)cn1. The van der Waals surface area contributed by atoms with Crippen molar-refractivity contribution in [3.05, 3.63) is 83.3 Å². The van der Waals surface area contributed by atoms with Crippen molar-refractivity contribution in [2.45, 2.75) is 6.42 Å². The fourth-order valence-electron chi connectivity index (χ4n) is 2.49. The van der Waals surface area contributed by atoms with Crippen LogP contribution in [-0.4, -0.2) is 29.5 Å². The molecule has 132 valence electrons. The molecule has 0 spiro atoms. The van der Waals surface area contributed by atoms with Gasteiger partial charge in [0, 0.05) is 26.0 Å². The summed E-state index contributed by atoms with van der Waals surface area (Å²) >= 11 is 6.05. The third-order valence-electron chi connectivity index (χ3n) is 4.00. The summed E-state index contributed by atoms with van der Waals surface area (Å²) < 4.78 is 0. The number of benzene rings is 1. The number of likely N-dealkylation sites (N-methyl/N-ethyl adjacent to an activating group) is 1. The molecule has 1 aromatic carbocycles. The number of amides is 1. The summed E-state index contributed by atoms with van der Waals surface area (Å²) in [6, 6.07) is 14.7. The molecule has 0 fully saturated rings. The molecule has 3 aromatic rings. The number of nitrogens with one attached hydrogen (secondary N) is 1. The summed E-state index contributed by atoms with van der Waals surface area (Å²) in [7, 11) is 1.99. The van der Waals surface area contributed by atoms with Gasteiger partial charge in [-0.05, 0) is 48.4 Å². The van der Waals surface area contributed by atoms with Gasteiger partial charge in [-0.25, -0.2) is 4.98 Å². The third-order valence-corrected chi connectivity index (χ3v) is 4.33. The highest BCUT2D eigenvalue weighted by molar-refractivity contribution is 6.34. The van der Waals surface area contributed by atoms with Gasteiger partial charge in [0.25, 0.3) is 5.91 Å². The Labute approximate surface area is 157 Å². The van der Waals surface area contributed by atoms with E-state index in [9.17, 15) is 4.79 Å². The molecule has 0 unspecified atom stereocenters. The zero-order chi connectivity index (χ0) is 18.4. The standard InChI is InChI=1S/C20H19ClN4O/c1-25(13-10-15-8-11-22-12-9-15)19-7-6-16(14-23-19)24-20(26)17-4-2-3-5-18(17)21/h2-9,11-12,14H,10,13H2,1H3,(H,24,26). The highest BCUT2D eigenvalue weighted by atomic mass is 35.5. The van der Waals surface area contributed by atoms with Crippen LogP contribution in [-0.2, 0) is 6.42 Å². The molecule has 3 rings (SSSR count). The Morgan fingerprint density at radius 2 is 1.88 bits per heavy atom. The van der Waals surface area contributed by atoms with Gasteiger partial charge in [0.2, 0.25) is 0 Å². The number of carbonyl (C=O) groups excluding carboxylic acids is 1. The quantitative estimate of drug-likeness (QED) is 0.714. The van der Waals surface area contributed by atoms with Gasteiger partial charge in [0.05, 0.1) is 22.5 Å². The van der Waals surface area contributed by atoms with Gasteiger partial charge in [-0.1, -0.05) is 23.7 Å². The van der Waals surface area contributed by atoms with Crippen molar-refractivity contribution < 1.29 is 4.79 Å². The van der Waals surface area contributed by atoms with Crippen molar-refractivity contribution in [3.63, 3.8) is 0 Å². The average molecular weight is 367 g/mol. The smallest absolute Gasteiger partial charge is 0.257 e. The Hall–Kier alpha value is -2.92. The molecule has 0 saturated carbocycles. The van der Waals surface area contributed by atoms with Crippen molar-refractivity contribution in [2.75, 3.05) is 23.8 Å². The summed E-state index contributed by atoms with van der Waals surface area (Å²) in [6.07, 6.45) is 6.15. The highest BCUT2D eigenvalue weighted by Crippen LogP contribution is 2.18. The van der Waals surface area contributed by atoms with Crippen molar-refractivity contribution in [2.24, 2.45) is 0 Å². The van der Waals surface area contributed by atoms with Gasteiger partial charge in [-0.15, -0.1) is 0 Å². The van der Waals surface area contributed by atoms with E-state index < -0.39 is 0 Å². The van der Waals surface area contributed by atoms with Crippen LogP contribution >= 0.6 is 11.6 Å². The predicted molar refractivity (Wildman–Crippen MR) is 105 cm³/mol. The molecule has 0 aliphatic heterocycles. The van der Waals surface area contributed by atoms with Gasteiger partial charge in [-0.3, -0.25) is 9.78 Å². The van der Waals surface area contributed by atoms with E-state index in [1.165, 1.54) is 5.56 Å². The maximum absolute atomic E-state index is 12.3. The predicted octanol–water partition coefficient (Wildman–Crippen LogP) is 4.06. The van der Waals surface area contributed by atoms with E-state index in [0.717, 1.165) is 18.8 Å². The zero-order valence-electron chi connectivity index (χ0n) is 14.4. The fourth-order valence-corrected chi connectivity index (χ4v) is 2.71. The number of anilines is 2. The maximum Gasteiger partial charge on any atom is 0.257 e. The van der Waals surface area contributed by atoms with Crippen LogP contribution in [0, 0.1) is 0 Å². The average Bonchev–Trinajstić information content (AvgIpc) is 2.68. The minimum absolute atomic E-state index is 0.254. The van der Waals surface area contributed by atoms with Gasteiger partial charge in [0.1, 0.15) is 5.82 Å². The first-order chi connectivity index (χ1) is 12.6. The van der Waals surface area contributed by atoms with Crippen LogP contribution in [0.2, 0.25) is 5.02 Å². The molecule has 0 saturated heterocycles. The fraction of sp³-hybridized carbons (Fsp3) is 0.150. The monoisotopic (exact) mass is 366 g/mol. The molecule has 5 nitrogen and oxygen atoms in total. The lowest BCUT2D eigenvalue weighted by Gasteiger charge is -2.18. The molecule has 2 heterocycles. The molecule has 2 aromatic heterocycles. The Balaban J connectivity index is 1.59. The second kappa shape index (κ2) is 8.45. The van der Waals surface area contributed by atoms with Crippen LogP contribution in [0.4, 0.5) is 11.5 Å². The van der Waals surface area contributed by atoms with Crippen LogP contribution in [0.1, 0.15) is 15.9 Å². The molecular weight excluding hydrogens is 348 g/mol. The van der Waals surface area contributed by atoms with Crippen molar-refractivity contribution >= 4 is 29.0 Å². The number of nitrogens with zero attached hydrogens (tertiary/aromatic N) is 3. The van der Waals surface area contributed by atoms with E-state index in [-0.39, 0.29) is 5.91 Å². The highest BCUT2D eigenvalue weighted by Gasteiger charge is 2.10. The molecule has 1 N–H and O–H groups in total. The minimum atomic E-state index is -0.254. The summed E-state index contributed by atoms with van der Waals surface area (Å²) in [6.45, 7) is 0.836. The zero-order valence-corrected chi connectivity index (χ0v) is 15.1. The van der Waals surface area contributed by atoms with Gasteiger partial charge in [-0.2, -0.15) is 0 Å². The Kier molecular flexibility index (Phi) is 5.81. The number of hydrogen-bond donors (Lipinski definition) is 1. The molecule has 0 aliphatic carbocycles. The molecule has 26 heavy (non-hydrogen) atoms. The molecule has 0 atom stereocenters. The summed E-state index contributed by atoms with van der Waals surface area (Å²) in [5, 5.41) is 3.23. The number of rotatable bonds is 6. The Bertz CT molecular complexity index is 868. The number of aromatic nitrogens is 2. The van der Waals surface area contributed by atoms with Gasteiger partial charge < -0.3 is 10.2 Å². The number of pyridine rings is 2. The second-order valence-electron chi connectivity index (χ2n) is 5.87. The van der Waals surface area contributed by atoms with Gasteiger partial charge >= 0.3 is 0 Å². The van der Waals surface area contributed by atoms with Gasteiger partial charge in [0.15, 0.2) is 0 Å². The second-order valence-corrected chi connectivity index (χ2v) is 6.27. The number of hydrogen-bond acceptors (Lipinski definition) is 4. The van der Waals surface area contributed by atoms with E-state index in [4.69, 9.17) is 11.6 Å². The first-order valence-corrected chi connectivity index (χ1v) is 8.63. The lowest BCUT2D eigenvalue weighted by molar-refractivity contribution is 0.102. The number of halogens is 1. The topological polar surface area (TPSA) is 58.1 Å². The number of carbonyl (C=O) groups is 1. The summed E-state index contributed by atoms with van der Waals surface area (Å²) in [5.74, 6) is 0.589. The van der Waals surface area contributed by atoms with Crippen molar-refractivity contribution in [1.82, 2.24) is 9.97 Å². The lowest BCUT2D eigenvalue weighted by Crippen LogP contribution is -2.21. The van der Waals surface area contributed by atoms with E-state index in [1.54, 1.807) is 42.9 Å². The van der Waals surface area contributed by atoms with E-state index in [1.807, 2.05) is 31.3 Å². The molecular formula is C20H19ClN4O. The molecule has 6 heteroatoms. The molecule has 0 radical (unpaired) electrons. The minimum Gasteiger partial charge on any atom is -0.359 e. The molecule has 0 aliphatic rings. The van der Waals surface area contributed by atoms with Crippen LogP contribution in [0.5, 0.6) is 0 Å².